The van der Waals surface area contributed by atoms with E-state index in [2.05, 4.69) is 17.6 Å². The normalized spacial score (nSPS) is 19.5. The van der Waals surface area contributed by atoms with Gasteiger partial charge in [-0.15, -0.1) is 0 Å². The third-order valence-corrected chi connectivity index (χ3v) is 5.65. The molecular formula is C21H31N3O3. The molecule has 0 saturated carbocycles. The molecule has 1 atom stereocenters. The van der Waals surface area contributed by atoms with Gasteiger partial charge in [0.2, 0.25) is 11.8 Å². The van der Waals surface area contributed by atoms with Crippen LogP contribution < -0.4 is 10.6 Å². The molecule has 148 valence electrons. The number of hydrogen-bond donors (Lipinski definition) is 2. The number of nitrogens with zero attached hydrogens (tertiary/aromatic N) is 1. The lowest BCUT2D eigenvalue weighted by molar-refractivity contribution is -0.134. The molecule has 0 aliphatic carbocycles. The Kier molecular flexibility index (Phi) is 7.24. The maximum absolute atomic E-state index is 12.3. The summed E-state index contributed by atoms with van der Waals surface area (Å²) in [7, 11) is 0. The summed E-state index contributed by atoms with van der Waals surface area (Å²) in [6.07, 6.45) is 3.25. The van der Waals surface area contributed by atoms with Gasteiger partial charge in [0.25, 0.3) is 0 Å². The van der Waals surface area contributed by atoms with Crippen LogP contribution in [0.5, 0.6) is 0 Å². The molecule has 1 aromatic rings. The van der Waals surface area contributed by atoms with Crippen LogP contribution in [0.2, 0.25) is 0 Å². The van der Waals surface area contributed by atoms with Crippen LogP contribution in [0.3, 0.4) is 0 Å². The number of carbonyl (C=O) groups excluding carboxylic acids is 2. The lowest BCUT2D eigenvalue weighted by Gasteiger charge is -2.27. The molecule has 6 heteroatoms. The Morgan fingerprint density at radius 1 is 1.19 bits per heavy atom. The summed E-state index contributed by atoms with van der Waals surface area (Å²) in [4.78, 5) is 26.5. The fourth-order valence-electron chi connectivity index (χ4n) is 3.89. The van der Waals surface area contributed by atoms with Gasteiger partial charge in [-0.25, -0.2) is 0 Å². The SMILES string of the molecule is CC(CC(=O)Nc1ccc(CC(=O)N2CCOCC2)cc1)C1CCNCC1. The summed E-state index contributed by atoms with van der Waals surface area (Å²) >= 11 is 0. The van der Waals surface area contributed by atoms with Crippen molar-refractivity contribution in [1.82, 2.24) is 10.2 Å². The van der Waals surface area contributed by atoms with Gasteiger partial charge in [0.05, 0.1) is 19.6 Å². The minimum absolute atomic E-state index is 0.0678. The van der Waals surface area contributed by atoms with Crippen LogP contribution in [0.4, 0.5) is 5.69 Å². The Hall–Kier alpha value is -1.92. The second kappa shape index (κ2) is 9.85. The molecule has 1 aromatic carbocycles. The summed E-state index contributed by atoms with van der Waals surface area (Å²) in [6, 6.07) is 7.61. The van der Waals surface area contributed by atoms with Crippen molar-refractivity contribution in [3.05, 3.63) is 29.8 Å². The van der Waals surface area contributed by atoms with Gasteiger partial charge in [-0.05, 0) is 55.5 Å². The Morgan fingerprint density at radius 3 is 2.52 bits per heavy atom. The Bertz CT molecular complexity index is 620. The van der Waals surface area contributed by atoms with Gasteiger partial charge in [-0.1, -0.05) is 19.1 Å². The van der Waals surface area contributed by atoms with Crippen molar-refractivity contribution in [3.63, 3.8) is 0 Å². The fourth-order valence-corrected chi connectivity index (χ4v) is 3.89. The highest BCUT2D eigenvalue weighted by Crippen LogP contribution is 2.24. The first-order chi connectivity index (χ1) is 13.1. The highest BCUT2D eigenvalue weighted by Gasteiger charge is 2.22. The minimum Gasteiger partial charge on any atom is -0.378 e. The predicted molar refractivity (Wildman–Crippen MR) is 106 cm³/mol. The van der Waals surface area contributed by atoms with E-state index in [0.717, 1.165) is 37.2 Å². The Balaban J connectivity index is 1.45. The van der Waals surface area contributed by atoms with Crippen LogP contribution in [0, 0.1) is 11.8 Å². The molecule has 2 saturated heterocycles. The van der Waals surface area contributed by atoms with E-state index in [1.165, 1.54) is 0 Å². The molecule has 0 aromatic heterocycles. The van der Waals surface area contributed by atoms with E-state index in [9.17, 15) is 9.59 Å². The smallest absolute Gasteiger partial charge is 0.227 e. The molecule has 0 spiro atoms. The van der Waals surface area contributed by atoms with Crippen LogP contribution >= 0.6 is 0 Å². The van der Waals surface area contributed by atoms with Crippen molar-refractivity contribution < 1.29 is 14.3 Å². The molecule has 2 aliphatic rings. The number of hydrogen-bond acceptors (Lipinski definition) is 4. The summed E-state index contributed by atoms with van der Waals surface area (Å²) in [5.74, 6) is 1.23. The zero-order valence-corrected chi connectivity index (χ0v) is 16.2. The summed E-state index contributed by atoms with van der Waals surface area (Å²) in [6.45, 7) is 6.86. The number of piperidine rings is 1. The molecule has 1 unspecified atom stereocenters. The van der Waals surface area contributed by atoms with Crippen molar-refractivity contribution in [2.45, 2.75) is 32.6 Å². The molecule has 2 fully saturated rings. The number of rotatable bonds is 6. The van der Waals surface area contributed by atoms with Gasteiger partial charge >= 0.3 is 0 Å². The number of nitrogens with one attached hydrogen (secondary N) is 2. The topological polar surface area (TPSA) is 70.7 Å². The maximum Gasteiger partial charge on any atom is 0.227 e. The van der Waals surface area contributed by atoms with Gasteiger partial charge in [0, 0.05) is 25.2 Å². The minimum atomic E-state index is 0.0678. The van der Waals surface area contributed by atoms with E-state index in [4.69, 9.17) is 4.74 Å². The standard InChI is InChI=1S/C21H31N3O3/c1-16(18-6-8-22-9-7-18)14-20(25)23-19-4-2-17(3-5-19)15-21(26)24-10-12-27-13-11-24/h2-5,16,18,22H,6-15H2,1H3,(H,23,25). The molecule has 2 N–H and O–H groups in total. The van der Waals surface area contributed by atoms with Crippen molar-refractivity contribution in [2.24, 2.45) is 11.8 Å². The molecule has 2 heterocycles. The van der Waals surface area contributed by atoms with E-state index in [0.29, 0.717) is 51.0 Å². The van der Waals surface area contributed by atoms with Crippen LogP contribution in [0.1, 0.15) is 31.7 Å². The van der Waals surface area contributed by atoms with Crippen molar-refractivity contribution in [1.29, 1.82) is 0 Å². The highest BCUT2D eigenvalue weighted by atomic mass is 16.5. The lowest BCUT2D eigenvalue weighted by atomic mass is 9.84. The van der Waals surface area contributed by atoms with Gasteiger partial charge in [0.1, 0.15) is 0 Å². The monoisotopic (exact) mass is 373 g/mol. The predicted octanol–water partition coefficient (Wildman–Crippen LogP) is 2.05. The number of morpholine rings is 1. The first-order valence-electron chi connectivity index (χ1n) is 10.1. The molecule has 2 amide bonds. The molecule has 27 heavy (non-hydrogen) atoms. The summed E-state index contributed by atoms with van der Waals surface area (Å²) in [5.41, 5.74) is 1.76. The number of benzene rings is 1. The van der Waals surface area contributed by atoms with Gasteiger partial charge in [-0.3, -0.25) is 9.59 Å². The Labute approximate surface area is 161 Å². The van der Waals surface area contributed by atoms with Crippen molar-refractivity contribution >= 4 is 17.5 Å². The third kappa shape index (κ3) is 6.04. The van der Waals surface area contributed by atoms with Gasteiger partial charge in [-0.2, -0.15) is 0 Å². The van der Waals surface area contributed by atoms with Gasteiger partial charge in [0.15, 0.2) is 0 Å². The van der Waals surface area contributed by atoms with Crippen molar-refractivity contribution in [3.8, 4) is 0 Å². The van der Waals surface area contributed by atoms with E-state index in [-0.39, 0.29) is 11.8 Å². The first-order valence-corrected chi connectivity index (χ1v) is 10.1. The van der Waals surface area contributed by atoms with Crippen molar-refractivity contribution in [2.75, 3.05) is 44.7 Å². The maximum atomic E-state index is 12.3. The summed E-state index contributed by atoms with van der Waals surface area (Å²) in [5, 5.41) is 6.36. The second-order valence-corrected chi connectivity index (χ2v) is 7.68. The zero-order valence-electron chi connectivity index (χ0n) is 16.2. The van der Waals surface area contributed by atoms with E-state index in [1.54, 1.807) is 0 Å². The second-order valence-electron chi connectivity index (χ2n) is 7.68. The van der Waals surface area contributed by atoms with Crippen LogP contribution in [0.25, 0.3) is 0 Å². The van der Waals surface area contributed by atoms with Crippen LogP contribution in [-0.2, 0) is 20.7 Å². The average molecular weight is 373 g/mol. The number of carbonyl (C=O) groups is 2. The van der Waals surface area contributed by atoms with E-state index in [1.807, 2.05) is 29.2 Å². The van der Waals surface area contributed by atoms with E-state index < -0.39 is 0 Å². The largest absolute Gasteiger partial charge is 0.378 e. The quantitative estimate of drug-likeness (QED) is 0.801. The average Bonchev–Trinajstić information content (AvgIpc) is 2.70. The molecule has 2 aliphatic heterocycles. The number of amides is 2. The lowest BCUT2D eigenvalue weighted by Crippen LogP contribution is -2.41. The molecule has 6 nitrogen and oxygen atoms in total. The third-order valence-electron chi connectivity index (χ3n) is 5.65. The first kappa shape index (κ1) is 19.8. The Morgan fingerprint density at radius 2 is 1.85 bits per heavy atom. The van der Waals surface area contributed by atoms with E-state index >= 15 is 0 Å². The van der Waals surface area contributed by atoms with Crippen LogP contribution in [-0.4, -0.2) is 56.1 Å². The molecule has 0 radical (unpaired) electrons. The zero-order chi connectivity index (χ0) is 19.1. The highest BCUT2D eigenvalue weighted by molar-refractivity contribution is 5.91. The number of ether oxygens (including phenoxy) is 1. The van der Waals surface area contributed by atoms with Crippen LogP contribution in [0.15, 0.2) is 24.3 Å². The van der Waals surface area contributed by atoms with Gasteiger partial charge < -0.3 is 20.3 Å². The molecular weight excluding hydrogens is 342 g/mol. The molecule has 3 rings (SSSR count). The number of anilines is 1. The fraction of sp³-hybridized carbons (Fsp3) is 0.619. The molecule has 0 bridgehead atoms. The summed E-state index contributed by atoms with van der Waals surface area (Å²) < 4.78 is 5.28.